The monoisotopic (exact) mass is 272 g/mol. The summed E-state index contributed by atoms with van der Waals surface area (Å²) in [6.07, 6.45) is 1.42. The van der Waals surface area contributed by atoms with Gasteiger partial charge in [0, 0.05) is 18.8 Å². The number of hydrogen-bond donors (Lipinski definition) is 1. The first kappa shape index (κ1) is 12.2. The maximum absolute atomic E-state index is 12.3. The highest BCUT2D eigenvalue weighted by molar-refractivity contribution is 7.07. The highest BCUT2D eigenvalue weighted by atomic mass is 32.1. The molecule has 0 radical (unpaired) electrons. The number of nitrogens with zero attached hydrogens (tertiary/aromatic N) is 1. The lowest BCUT2D eigenvalue weighted by molar-refractivity contribution is -0.131. The van der Waals surface area contributed by atoms with Crippen LogP contribution in [0.4, 0.5) is 5.69 Å². The van der Waals surface area contributed by atoms with Crippen LogP contribution in [0.25, 0.3) is 0 Å². The van der Waals surface area contributed by atoms with Crippen molar-refractivity contribution in [3.63, 3.8) is 0 Å². The van der Waals surface area contributed by atoms with E-state index in [4.69, 9.17) is 5.73 Å². The molecule has 2 heterocycles. The van der Waals surface area contributed by atoms with Crippen molar-refractivity contribution in [2.45, 2.75) is 19.4 Å². The van der Waals surface area contributed by atoms with Crippen molar-refractivity contribution in [2.75, 3.05) is 12.3 Å². The molecular weight excluding hydrogens is 256 g/mol. The number of nitrogens with two attached hydrogens (primary N) is 1. The molecule has 1 amide bonds. The maximum Gasteiger partial charge on any atom is 0.227 e. The standard InChI is InChI=1S/C15H16N2OS/c16-14-2-1-12-3-5-17(9-13(12)8-14)15(18)7-11-4-6-19-10-11/h1-2,4,6,8,10H,3,5,7,9,16H2. The molecule has 4 heteroatoms. The number of nitrogen functional groups attached to an aromatic ring is 1. The molecule has 3 rings (SSSR count). The van der Waals surface area contributed by atoms with Gasteiger partial charge in [0.1, 0.15) is 0 Å². The lowest BCUT2D eigenvalue weighted by atomic mass is 9.98. The normalized spacial score (nSPS) is 14.2. The van der Waals surface area contributed by atoms with E-state index in [0.717, 1.165) is 24.2 Å². The van der Waals surface area contributed by atoms with Gasteiger partial charge in [-0.25, -0.2) is 0 Å². The maximum atomic E-state index is 12.3. The molecule has 0 saturated heterocycles. The van der Waals surface area contributed by atoms with E-state index in [9.17, 15) is 4.79 Å². The van der Waals surface area contributed by atoms with Gasteiger partial charge < -0.3 is 10.6 Å². The van der Waals surface area contributed by atoms with Crippen molar-refractivity contribution in [2.24, 2.45) is 0 Å². The van der Waals surface area contributed by atoms with Gasteiger partial charge >= 0.3 is 0 Å². The lowest BCUT2D eigenvalue weighted by Gasteiger charge is -2.29. The average Bonchev–Trinajstić information content (AvgIpc) is 2.90. The Balaban J connectivity index is 1.72. The van der Waals surface area contributed by atoms with E-state index in [1.165, 1.54) is 11.1 Å². The Morgan fingerprint density at radius 3 is 3.00 bits per heavy atom. The minimum atomic E-state index is 0.200. The molecule has 2 N–H and O–H groups in total. The molecule has 1 aromatic heterocycles. The number of anilines is 1. The van der Waals surface area contributed by atoms with Crippen molar-refractivity contribution < 1.29 is 4.79 Å². The minimum absolute atomic E-state index is 0.200. The molecule has 0 fully saturated rings. The highest BCUT2D eigenvalue weighted by Gasteiger charge is 2.20. The molecule has 2 aromatic rings. The molecule has 0 bridgehead atoms. The third-order valence-electron chi connectivity index (χ3n) is 3.53. The summed E-state index contributed by atoms with van der Waals surface area (Å²) in [7, 11) is 0. The van der Waals surface area contributed by atoms with Crippen molar-refractivity contribution in [3.05, 3.63) is 51.7 Å². The summed E-state index contributed by atoms with van der Waals surface area (Å²) >= 11 is 1.63. The summed E-state index contributed by atoms with van der Waals surface area (Å²) < 4.78 is 0. The number of carbonyl (C=O) groups is 1. The van der Waals surface area contributed by atoms with Crippen LogP contribution in [0.2, 0.25) is 0 Å². The van der Waals surface area contributed by atoms with Crippen molar-refractivity contribution in [3.8, 4) is 0 Å². The largest absolute Gasteiger partial charge is 0.399 e. The number of fused-ring (bicyclic) bond motifs is 1. The first-order valence-electron chi connectivity index (χ1n) is 6.38. The highest BCUT2D eigenvalue weighted by Crippen LogP contribution is 2.22. The van der Waals surface area contributed by atoms with E-state index >= 15 is 0 Å². The van der Waals surface area contributed by atoms with Gasteiger partial charge in [0.15, 0.2) is 0 Å². The number of hydrogen-bond acceptors (Lipinski definition) is 3. The zero-order chi connectivity index (χ0) is 13.2. The van der Waals surface area contributed by atoms with Crippen LogP contribution in [0.15, 0.2) is 35.0 Å². The Hall–Kier alpha value is -1.81. The number of rotatable bonds is 2. The van der Waals surface area contributed by atoms with Gasteiger partial charge in [-0.05, 0) is 52.1 Å². The second kappa shape index (κ2) is 5.05. The van der Waals surface area contributed by atoms with Crippen LogP contribution >= 0.6 is 11.3 Å². The van der Waals surface area contributed by atoms with Gasteiger partial charge in [0.25, 0.3) is 0 Å². The fourth-order valence-corrected chi connectivity index (χ4v) is 3.14. The molecule has 0 aliphatic carbocycles. The summed E-state index contributed by atoms with van der Waals surface area (Å²) in [5, 5.41) is 4.04. The van der Waals surface area contributed by atoms with E-state index in [0.29, 0.717) is 13.0 Å². The van der Waals surface area contributed by atoms with Gasteiger partial charge in [-0.2, -0.15) is 11.3 Å². The molecule has 19 heavy (non-hydrogen) atoms. The van der Waals surface area contributed by atoms with Crippen LogP contribution in [0.3, 0.4) is 0 Å². The summed E-state index contributed by atoms with van der Waals surface area (Å²) in [6, 6.07) is 8.00. The fraction of sp³-hybridized carbons (Fsp3) is 0.267. The number of amides is 1. The first-order chi connectivity index (χ1) is 9.22. The van der Waals surface area contributed by atoms with Crippen LogP contribution in [0, 0.1) is 0 Å². The predicted octanol–water partition coefficient (Wildman–Crippen LogP) is 2.46. The molecule has 98 valence electrons. The van der Waals surface area contributed by atoms with Gasteiger partial charge in [-0.3, -0.25) is 4.79 Å². The number of carbonyl (C=O) groups excluding carboxylic acids is 1. The zero-order valence-electron chi connectivity index (χ0n) is 10.6. The quantitative estimate of drug-likeness (QED) is 0.854. The Morgan fingerprint density at radius 1 is 1.32 bits per heavy atom. The molecule has 1 aromatic carbocycles. The molecule has 0 spiro atoms. The zero-order valence-corrected chi connectivity index (χ0v) is 11.5. The van der Waals surface area contributed by atoms with Gasteiger partial charge in [-0.15, -0.1) is 0 Å². The van der Waals surface area contributed by atoms with Crippen LogP contribution in [-0.4, -0.2) is 17.4 Å². The summed E-state index contributed by atoms with van der Waals surface area (Å²) in [5.41, 5.74) is 10.2. The fourth-order valence-electron chi connectivity index (χ4n) is 2.47. The van der Waals surface area contributed by atoms with E-state index < -0.39 is 0 Å². The first-order valence-corrected chi connectivity index (χ1v) is 7.33. The van der Waals surface area contributed by atoms with Crippen LogP contribution < -0.4 is 5.73 Å². The number of benzene rings is 1. The second-order valence-electron chi connectivity index (χ2n) is 4.90. The Kier molecular flexibility index (Phi) is 3.25. The average molecular weight is 272 g/mol. The third-order valence-corrected chi connectivity index (χ3v) is 4.26. The summed E-state index contributed by atoms with van der Waals surface area (Å²) in [4.78, 5) is 14.2. The molecular formula is C15H16N2OS. The van der Waals surface area contributed by atoms with Crippen LogP contribution in [-0.2, 0) is 24.2 Å². The van der Waals surface area contributed by atoms with Crippen molar-refractivity contribution >= 4 is 22.9 Å². The lowest BCUT2D eigenvalue weighted by Crippen LogP contribution is -2.36. The molecule has 0 unspecified atom stereocenters. The SMILES string of the molecule is Nc1ccc2c(c1)CN(C(=O)Cc1ccsc1)CC2. The minimum Gasteiger partial charge on any atom is -0.399 e. The smallest absolute Gasteiger partial charge is 0.227 e. The molecule has 0 saturated carbocycles. The van der Waals surface area contributed by atoms with Crippen molar-refractivity contribution in [1.82, 2.24) is 4.90 Å². The van der Waals surface area contributed by atoms with E-state index in [2.05, 4.69) is 6.07 Å². The Labute approximate surface area is 116 Å². The summed E-state index contributed by atoms with van der Waals surface area (Å²) in [6.45, 7) is 1.49. The van der Waals surface area contributed by atoms with Crippen LogP contribution in [0.5, 0.6) is 0 Å². The van der Waals surface area contributed by atoms with Gasteiger partial charge in [-0.1, -0.05) is 6.07 Å². The molecule has 0 atom stereocenters. The third kappa shape index (κ3) is 2.63. The summed E-state index contributed by atoms with van der Waals surface area (Å²) in [5.74, 6) is 0.200. The van der Waals surface area contributed by atoms with E-state index in [1.807, 2.05) is 33.9 Å². The second-order valence-corrected chi connectivity index (χ2v) is 5.68. The Bertz CT molecular complexity index is 592. The molecule has 1 aliphatic rings. The van der Waals surface area contributed by atoms with E-state index in [-0.39, 0.29) is 5.91 Å². The van der Waals surface area contributed by atoms with Gasteiger partial charge in [0.05, 0.1) is 6.42 Å². The molecule has 1 aliphatic heterocycles. The van der Waals surface area contributed by atoms with Crippen molar-refractivity contribution in [1.29, 1.82) is 0 Å². The van der Waals surface area contributed by atoms with Crippen LogP contribution in [0.1, 0.15) is 16.7 Å². The Morgan fingerprint density at radius 2 is 2.21 bits per heavy atom. The molecule has 3 nitrogen and oxygen atoms in total. The predicted molar refractivity (Wildman–Crippen MR) is 78.0 cm³/mol. The topological polar surface area (TPSA) is 46.3 Å². The van der Waals surface area contributed by atoms with E-state index in [1.54, 1.807) is 11.3 Å². The van der Waals surface area contributed by atoms with Gasteiger partial charge in [0.2, 0.25) is 5.91 Å². The number of thiophene rings is 1.